The normalized spacial score (nSPS) is 11.0. The second-order valence-corrected chi connectivity index (χ2v) is 8.33. The maximum atomic E-state index is 12.6. The molecule has 32 heavy (non-hydrogen) atoms. The number of carboxylic acid groups (broad SMARTS) is 1. The quantitative estimate of drug-likeness (QED) is 0.280. The Morgan fingerprint density at radius 3 is 2.66 bits per heavy atom. The summed E-state index contributed by atoms with van der Waals surface area (Å²) in [5, 5.41) is 13.7. The van der Waals surface area contributed by atoms with Crippen molar-refractivity contribution in [3.63, 3.8) is 0 Å². The Morgan fingerprint density at radius 2 is 1.97 bits per heavy atom. The molecule has 8 heteroatoms. The molecule has 2 N–H and O–H groups in total. The van der Waals surface area contributed by atoms with Crippen LogP contribution in [0.25, 0.3) is 11.0 Å². The summed E-state index contributed by atoms with van der Waals surface area (Å²) in [5.74, 6) is -0.737. The van der Waals surface area contributed by atoms with E-state index in [1.54, 1.807) is 18.2 Å². The van der Waals surface area contributed by atoms with Crippen LogP contribution in [-0.4, -0.2) is 24.2 Å². The number of hydrogen-bond donors (Lipinski definition) is 2. The van der Waals surface area contributed by atoms with Crippen molar-refractivity contribution in [2.75, 3.05) is 18.5 Å². The number of aliphatic carboxylic acids is 1. The van der Waals surface area contributed by atoms with Crippen molar-refractivity contribution in [2.45, 2.75) is 39.5 Å². The molecular weight excluding hydrogens is 453 g/mol. The van der Waals surface area contributed by atoms with Crippen LogP contribution in [0, 0.1) is 6.92 Å². The summed E-state index contributed by atoms with van der Waals surface area (Å²) in [5.41, 5.74) is 2.97. The lowest BCUT2D eigenvalue weighted by molar-refractivity contribution is -0.136. The van der Waals surface area contributed by atoms with E-state index in [0.29, 0.717) is 57.4 Å². The Morgan fingerprint density at radius 1 is 1.19 bits per heavy atom. The van der Waals surface area contributed by atoms with Crippen LogP contribution < -0.4 is 15.7 Å². The molecule has 0 bridgehead atoms. The summed E-state index contributed by atoms with van der Waals surface area (Å²) in [6.45, 7) is 4.73. The van der Waals surface area contributed by atoms with Crippen molar-refractivity contribution in [1.82, 2.24) is 0 Å². The summed E-state index contributed by atoms with van der Waals surface area (Å²) < 4.78 is 11.3. The Bertz CT molecular complexity index is 1190. The van der Waals surface area contributed by atoms with Gasteiger partial charge in [-0.25, -0.2) is 4.79 Å². The van der Waals surface area contributed by atoms with Gasteiger partial charge in [-0.3, -0.25) is 4.79 Å². The van der Waals surface area contributed by atoms with Crippen molar-refractivity contribution in [2.24, 2.45) is 0 Å². The summed E-state index contributed by atoms with van der Waals surface area (Å²) in [6.07, 6.45) is 2.25. The minimum absolute atomic E-state index is 0.0779. The molecule has 0 unspecified atom stereocenters. The van der Waals surface area contributed by atoms with Gasteiger partial charge in [0.05, 0.1) is 28.8 Å². The van der Waals surface area contributed by atoms with Gasteiger partial charge in [0.2, 0.25) is 5.75 Å². The zero-order chi connectivity index (χ0) is 23.3. The fraction of sp³-hybridized carbons (Fsp3) is 0.333. The van der Waals surface area contributed by atoms with Gasteiger partial charge < -0.3 is 19.6 Å². The van der Waals surface area contributed by atoms with Crippen molar-refractivity contribution in [3.8, 4) is 5.75 Å². The zero-order valence-electron chi connectivity index (χ0n) is 18.0. The number of benzene rings is 2. The van der Waals surface area contributed by atoms with Gasteiger partial charge in [0.1, 0.15) is 5.58 Å². The highest BCUT2D eigenvalue weighted by Gasteiger charge is 2.17. The minimum atomic E-state index is -0.907. The highest BCUT2D eigenvalue weighted by molar-refractivity contribution is 6.35. The van der Waals surface area contributed by atoms with E-state index in [1.807, 2.05) is 19.1 Å². The predicted molar refractivity (Wildman–Crippen MR) is 128 cm³/mol. The van der Waals surface area contributed by atoms with Crippen molar-refractivity contribution in [3.05, 3.63) is 67.5 Å². The maximum absolute atomic E-state index is 12.6. The van der Waals surface area contributed by atoms with E-state index >= 15 is 0 Å². The molecule has 0 radical (unpaired) electrons. The largest absolute Gasteiger partial charge is 0.486 e. The standard InChI is InChI=1S/C24H25Cl2NO5/c1-3-5-16-7-8-17(25)21-14(2)22(24(30)32-23(16)21)31-11-4-10-27-19-9-6-15(12-18(19)26)13-20(28)29/h6-9,12,27H,3-5,10-11,13H2,1-2H3,(H,28,29). The fourth-order valence-corrected chi connectivity index (χ4v) is 4.12. The van der Waals surface area contributed by atoms with Gasteiger partial charge in [-0.2, -0.15) is 0 Å². The van der Waals surface area contributed by atoms with Crippen LogP contribution >= 0.6 is 23.2 Å². The summed E-state index contributed by atoms with van der Waals surface area (Å²) >= 11 is 12.6. The minimum Gasteiger partial charge on any atom is -0.486 e. The van der Waals surface area contributed by atoms with Gasteiger partial charge in [-0.05, 0) is 49.1 Å². The second kappa shape index (κ2) is 10.7. The van der Waals surface area contributed by atoms with Gasteiger partial charge >= 0.3 is 11.6 Å². The molecule has 0 saturated carbocycles. The second-order valence-electron chi connectivity index (χ2n) is 7.52. The third-order valence-electron chi connectivity index (χ3n) is 5.08. The number of aryl methyl sites for hydroxylation is 2. The van der Waals surface area contributed by atoms with Gasteiger partial charge in [0.15, 0.2) is 0 Å². The number of nitrogens with one attached hydrogen (secondary N) is 1. The van der Waals surface area contributed by atoms with Gasteiger partial charge in [0, 0.05) is 17.5 Å². The lowest BCUT2D eigenvalue weighted by atomic mass is 10.0. The third-order valence-corrected chi connectivity index (χ3v) is 5.70. The molecule has 1 aromatic heterocycles. The average Bonchev–Trinajstić information content (AvgIpc) is 2.72. The molecular formula is C24H25Cl2NO5. The van der Waals surface area contributed by atoms with Crippen LogP contribution in [0.3, 0.4) is 0 Å². The molecule has 0 atom stereocenters. The molecule has 0 amide bonds. The van der Waals surface area contributed by atoms with Crippen molar-refractivity contribution >= 4 is 45.8 Å². The summed E-state index contributed by atoms with van der Waals surface area (Å²) in [6, 6.07) is 8.82. The number of carboxylic acids is 1. The van der Waals surface area contributed by atoms with Gasteiger partial charge in [0.25, 0.3) is 0 Å². The molecule has 0 aliphatic heterocycles. The van der Waals surface area contributed by atoms with Gasteiger partial charge in [-0.1, -0.05) is 48.7 Å². The molecule has 6 nitrogen and oxygen atoms in total. The Labute approximate surface area is 196 Å². The zero-order valence-corrected chi connectivity index (χ0v) is 19.5. The number of halogens is 2. The van der Waals surface area contributed by atoms with Crippen LogP contribution in [0.1, 0.15) is 36.5 Å². The first kappa shape index (κ1) is 24.0. The van der Waals surface area contributed by atoms with Crippen LogP contribution in [0.4, 0.5) is 5.69 Å². The molecule has 0 spiro atoms. The lowest BCUT2D eigenvalue weighted by Gasteiger charge is -2.13. The molecule has 3 rings (SSSR count). The molecule has 0 saturated heterocycles. The van der Waals surface area contributed by atoms with Crippen LogP contribution in [0.2, 0.25) is 10.0 Å². The molecule has 1 heterocycles. The number of rotatable bonds is 10. The molecule has 0 fully saturated rings. The molecule has 170 valence electrons. The van der Waals surface area contributed by atoms with Crippen molar-refractivity contribution < 1.29 is 19.1 Å². The number of fused-ring (bicyclic) bond motifs is 1. The van der Waals surface area contributed by atoms with Crippen LogP contribution in [0.5, 0.6) is 5.75 Å². The first-order valence-corrected chi connectivity index (χ1v) is 11.2. The lowest BCUT2D eigenvalue weighted by Crippen LogP contribution is -2.13. The number of hydrogen-bond acceptors (Lipinski definition) is 5. The Balaban J connectivity index is 1.64. The smallest absolute Gasteiger partial charge is 0.379 e. The predicted octanol–water partition coefficient (Wildman–Crippen LogP) is 5.87. The van der Waals surface area contributed by atoms with E-state index in [4.69, 9.17) is 37.5 Å². The molecule has 2 aromatic carbocycles. The van der Waals surface area contributed by atoms with Crippen LogP contribution in [-0.2, 0) is 17.6 Å². The topological polar surface area (TPSA) is 88.8 Å². The first-order valence-electron chi connectivity index (χ1n) is 10.4. The van der Waals surface area contributed by atoms with Crippen molar-refractivity contribution in [1.29, 1.82) is 0 Å². The van der Waals surface area contributed by atoms with Crippen LogP contribution in [0.15, 0.2) is 39.5 Å². The number of carbonyl (C=O) groups is 1. The fourth-order valence-electron chi connectivity index (χ4n) is 3.56. The van der Waals surface area contributed by atoms with E-state index in [2.05, 4.69) is 12.2 Å². The maximum Gasteiger partial charge on any atom is 0.379 e. The average molecular weight is 478 g/mol. The summed E-state index contributed by atoms with van der Waals surface area (Å²) in [7, 11) is 0. The molecule has 3 aromatic rings. The third kappa shape index (κ3) is 5.56. The number of anilines is 1. The SMILES string of the molecule is CCCc1ccc(Cl)c2c(C)c(OCCCNc3ccc(CC(=O)O)cc3Cl)c(=O)oc12. The monoisotopic (exact) mass is 477 g/mol. The number of ether oxygens (including phenoxy) is 1. The molecule has 0 aliphatic rings. The van der Waals surface area contributed by atoms with Gasteiger partial charge in [-0.15, -0.1) is 0 Å². The highest BCUT2D eigenvalue weighted by atomic mass is 35.5. The highest BCUT2D eigenvalue weighted by Crippen LogP contribution is 2.33. The van der Waals surface area contributed by atoms with E-state index in [-0.39, 0.29) is 12.2 Å². The Kier molecular flexibility index (Phi) is 8.04. The Hall–Kier alpha value is -2.70. The van der Waals surface area contributed by atoms with E-state index in [1.165, 1.54) is 0 Å². The molecule has 0 aliphatic carbocycles. The summed E-state index contributed by atoms with van der Waals surface area (Å²) in [4.78, 5) is 23.4. The van der Waals surface area contributed by atoms with E-state index in [9.17, 15) is 9.59 Å². The van der Waals surface area contributed by atoms with E-state index < -0.39 is 11.6 Å². The van der Waals surface area contributed by atoms with E-state index in [0.717, 1.165) is 18.4 Å². The first-order chi connectivity index (χ1) is 15.3.